The van der Waals surface area contributed by atoms with Gasteiger partial charge in [-0.05, 0) is 64.5 Å². The van der Waals surface area contributed by atoms with E-state index in [1.165, 1.54) is 5.56 Å². The van der Waals surface area contributed by atoms with E-state index in [4.69, 9.17) is 4.99 Å². The summed E-state index contributed by atoms with van der Waals surface area (Å²) in [6, 6.07) is 8.14. The third-order valence-corrected chi connectivity index (χ3v) is 10.1. The van der Waals surface area contributed by atoms with Crippen molar-refractivity contribution in [1.29, 1.82) is 0 Å². The number of amides is 4. The van der Waals surface area contributed by atoms with Crippen LogP contribution in [0.15, 0.2) is 29.3 Å². The van der Waals surface area contributed by atoms with Crippen molar-refractivity contribution in [3.05, 3.63) is 29.8 Å². The molecule has 39 heavy (non-hydrogen) atoms. The molecule has 0 saturated carbocycles. The summed E-state index contributed by atoms with van der Waals surface area (Å²) in [5.74, 6) is 0.179. The predicted molar refractivity (Wildman–Crippen MR) is 156 cm³/mol. The number of fused-ring (bicyclic) bond motifs is 1. The molecule has 1 aromatic carbocycles. The molecule has 3 unspecified atom stereocenters. The van der Waals surface area contributed by atoms with Gasteiger partial charge in [-0.3, -0.25) is 14.6 Å². The highest BCUT2D eigenvalue weighted by molar-refractivity contribution is 8.15. The second-order valence-electron chi connectivity index (χ2n) is 11.1. The number of amidine groups is 1. The molecule has 2 fully saturated rings. The molecule has 0 bridgehead atoms. The monoisotopic (exact) mass is 554 g/mol. The number of aliphatic imine (C=N–C) groups is 1. The highest BCUT2D eigenvalue weighted by atomic mass is 32.2. The minimum absolute atomic E-state index is 0.00965. The first kappa shape index (κ1) is 27.8. The Labute approximate surface area is 236 Å². The molecule has 1 N–H and O–H groups in total. The molecule has 5 rings (SSSR count). The van der Waals surface area contributed by atoms with E-state index in [1.807, 2.05) is 53.7 Å². The molecular weight excluding hydrogens is 512 g/mol. The van der Waals surface area contributed by atoms with Crippen LogP contribution >= 0.6 is 11.8 Å². The average molecular weight is 555 g/mol. The predicted octanol–water partition coefficient (Wildman–Crippen LogP) is 3.51. The number of nitrogens with zero attached hydrogens (tertiary/aromatic N) is 5. The summed E-state index contributed by atoms with van der Waals surface area (Å²) in [5.41, 5.74) is 2.10. The Morgan fingerprint density at radius 2 is 1.82 bits per heavy atom. The number of likely N-dealkylation sites (tertiary alicyclic amines) is 2. The van der Waals surface area contributed by atoms with Crippen LogP contribution in [-0.4, -0.2) is 106 Å². The lowest BCUT2D eigenvalue weighted by molar-refractivity contribution is -0.140. The van der Waals surface area contributed by atoms with Crippen molar-refractivity contribution in [3.63, 3.8) is 0 Å². The molecule has 1 aromatic rings. The highest BCUT2D eigenvalue weighted by Gasteiger charge is 2.41. The smallest absolute Gasteiger partial charge is 0.322 e. The molecule has 3 atom stereocenters. The molecule has 0 spiro atoms. The summed E-state index contributed by atoms with van der Waals surface area (Å²) in [4.78, 5) is 52.5. The Bertz CT molecular complexity index is 1100. The van der Waals surface area contributed by atoms with Gasteiger partial charge in [0.15, 0.2) is 5.17 Å². The van der Waals surface area contributed by atoms with Crippen molar-refractivity contribution >= 4 is 40.5 Å². The number of urea groups is 1. The van der Waals surface area contributed by atoms with Crippen LogP contribution in [0, 0.1) is 5.92 Å². The van der Waals surface area contributed by atoms with Crippen LogP contribution in [0.2, 0.25) is 0 Å². The number of carbonyl (C=O) groups is 3. The summed E-state index contributed by atoms with van der Waals surface area (Å²) in [6.07, 6.45) is 4.35. The second kappa shape index (κ2) is 12.2. The molecule has 4 amide bonds. The van der Waals surface area contributed by atoms with E-state index in [0.29, 0.717) is 26.2 Å². The molecule has 4 aliphatic rings. The number of para-hydroxylation sites is 1. The summed E-state index contributed by atoms with van der Waals surface area (Å²) in [7, 11) is 0. The average Bonchev–Trinajstić information content (AvgIpc) is 3.27. The van der Waals surface area contributed by atoms with Crippen molar-refractivity contribution in [2.24, 2.45) is 10.9 Å². The summed E-state index contributed by atoms with van der Waals surface area (Å²) in [6.45, 7) is 11.1. The van der Waals surface area contributed by atoms with Crippen LogP contribution in [0.25, 0.3) is 0 Å². The summed E-state index contributed by atoms with van der Waals surface area (Å²) < 4.78 is 0. The summed E-state index contributed by atoms with van der Waals surface area (Å²) in [5, 5.41) is 3.80. The fourth-order valence-electron chi connectivity index (χ4n) is 6.36. The van der Waals surface area contributed by atoms with E-state index in [2.05, 4.69) is 16.3 Å². The molecule has 9 nitrogen and oxygen atoms in total. The lowest BCUT2D eigenvalue weighted by Crippen LogP contribution is -2.50. The zero-order valence-corrected chi connectivity index (χ0v) is 24.3. The van der Waals surface area contributed by atoms with E-state index in [9.17, 15) is 14.4 Å². The third-order valence-electron chi connectivity index (χ3n) is 8.70. The maximum atomic E-state index is 13.6. The number of anilines is 1. The lowest BCUT2D eigenvalue weighted by atomic mass is 9.96. The standard InChI is InChI=1S/C29H42N6O3S/c1-4-32(5-2)26(36)22-10-8-15-34(19-22)27(37)25-20(3)30-29(39-25)33-16-13-23(14-17-33)35-18-12-21-9-6-7-11-24(21)31-28(35)38/h6-7,9,11,20,22-23,25H,4-5,8,10,12-19H2,1-3H3,(H,31,38). The molecular formula is C29H42N6O3S. The fraction of sp³-hybridized carbons (Fsp3) is 0.655. The van der Waals surface area contributed by atoms with Gasteiger partial charge in [0.05, 0.1) is 12.0 Å². The first-order valence-electron chi connectivity index (χ1n) is 14.6. The Kier molecular flexibility index (Phi) is 8.69. The number of nitrogens with one attached hydrogen (secondary N) is 1. The SMILES string of the molecule is CCN(CC)C(=O)C1CCCN(C(=O)C2SC(N3CCC(N4CCc5ccccc5NC4=O)CC3)=NC2C)C1. The van der Waals surface area contributed by atoms with Crippen LogP contribution in [0.5, 0.6) is 0 Å². The number of piperidine rings is 2. The van der Waals surface area contributed by atoms with Gasteiger partial charge >= 0.3 is 6.03 Å². The zero-order chi connectivity index (χ0) is 27.5. The molecule has 0 aliphatic carbocycles. The van der Waals surface area contributed by atoms with Gasteiger partial charge in [-0.15, -0.1) is 0 Å². The minimum atomic E-state index is -0.241. The summed E-state index contributed by atoms with van der Waals surface area (Å²) >= 11 is 1.58. The number of benzene rings is 1. The maximum absolute atomic E-state index is 13.6. The van der Waals surface area contributed by atoms with E-state index >= 15 is 0 Å². The van der Waals surface area contributed by atoms with Gasteiger partial charge in [0.1, 0.15) is 5.25 Å². The minimum Gasteiger partial charge on any atom is -0.351 e. The number of hydrogen-bond donors (Lipinski definition) is 1. The largest absolute Gasteiger partial charge is 0.351 e. The van der Waals surface area contributed by atoms with Gasteiger partial charge in [-0.1, -0.05) is 30.0 Å². The van der Waals surface area contributed by atoms with Gasteiger partial charge in [0.2, 0.25) is 11.8 Å². The number of rotatable bonds is 5. The van der Waals surface area contributed by atoms with E-state index in [1.54, 1.807) is 11.8 Å². The molecule has 0 aromatic heterocycles. The Hall–Kier alpha value is -2.75. The van der Waals surface area contributed by atoms with Crippen molar-refractivity contribution in [1.82, 2.24) is 19.6 Å². The number of hydrogen-bond acceptors (Lipinski definition) is 6. The molecule has 4 aliphatic heterocycles. The van der Waals surface area contributed by atoms with Gasteiger partial charge in [-0.25, -0.2) is 4.79 Å². The normalized spacial score (nSPS) is 26.0. The lowest BCUT2D eigenvalue weighted by Gasteiger charge is -2.38. The molecule has 0 radical (unpaired) electrons. The van der Waals surface area contributed by atoms with Gasteiger partial charge in [0.25, 0.3) is 0 Å². The third kappa shape index (κ3) is 5.90. The first-order valence-corrected chi connectivity index (χ1v) is 15.5. The Morgan fingerprint density at radius 1 is 1.08 bits per heavy atom. The quantitative estimate of drug-likeness (QED) is 0.602. The van der Waals surface area contributed by atoms with E-state index in [-0.39, 0.29) is 41.1 Å². The number of carbonyl (C=O) groups excluding carboxylic acids is 3. The van der Waals surface area contributed by atoms with Gasteiger partial charge < -0.3 is 24.9 Å². The van der Waals surface area contributed by atoms with Gasteiger partial charge in [0, 0.05) is 57.5 Å². The van der Waals surface area contributed by atoms with Gasteiger partial charge in [-0.2, -0.15) is 0 Å². The van der Waals surface area contributed by atoms with Crippen molar-refractivity contribution in [2.75, 3.05) is 51.1 Å². The molecule has 2 saturated heterocycles. The van der Waals surface area contributed by atoms with Crippen LogP contribution in [0.4, 0.5) is 10.5 Å². The maximum Gasteiger partial charge on any atom is 0.322 e. The van der Waals surface area contributed by atoms with Crippen LogP contribution in [0.3, 0.4) is 0 Å². The molecule has 212 valence electrons. The van der Waals surface area contributed by atoms with Crippen LogP contribution in [0.1, 0.15) is 52.0 Å². The molecule has 4 heterocycles. The van der Waals surface area contributed by atoms with E-state index in [0.717, 1.165) is 62.6 Å². The highest BCUT2D eigenvalue weighted by Crippen LogP contribution is 2.34. The van der Waals surface area contributed by atoms with Crippen LogP contribution < -0.4 is 5.32 Å². The fourth-order valence-corrected chi connectivity index (χ4v) is 7.65. The van der Waals surface area contributed by atoms with E-state index < -0.39 is 0 Å². The first-order chi connectivity index (χ1) is 18.9. The number of thioether (sulfide) groups is 1. The van der Waals surface area contributed by atoms with Crippen molar-refractivity contribution in [3.8, 4) is 0 Å². The van der Waals surface area contributed by atoms with Crippen molar-refractivity contribution < 1.29 is 14.4 Å². The Morgan fingerprint density at radius 3 is 2.56 bits per heavy atom. The second-order valence-corrected chi connectivity index (χ2v) is 12.2. The topological polar surface area (TPSA) is 88.6 Å². The molecule has 10 heteroatoms. The zero-order valence-electron chi connectivity index (χ0n) is 23.5. The van der Waals surface area contributed by atoms with Crippen molar-refractivity contribution in [2.45, 2.75) is 70.2 Å². The van der Waals surface area contributed by atoms with Crippen LogP contribution in [-0.2, 0) is 16.0 Å². The Balaban J connectivity index is 1.14.